The number of fused-ring (bicyclic) bond motifs is 1. The second kappa shape index (κ2) is 7.81. The molecule has 0 aliphatic carbocycles. The Morgan fingerprint density at radius 1 is 1.12 bits per heavy atom. The average Bonchev–Trinajstić information content (AvgIpc) is 3.13. The Bertz CT molecular complexity index is 1150. The normalized spacial score (nSPS) is 20.2. The second-order valence-corrected chi connectivity index (χ2v) is 11.3. The van der Waals surface area contributed by atoms with E-state index in [0.29, 0.717) is 12.0 Å². The van der Waals surface area contributed by atoms with Crippen molar-refractivity contribution in [1.82, 2.24) is 14.9 Å². The highest BCUT2D eigenvalue weighted by Gasteiger charge is 2.45. The number of sulfone groups is 1. The third kappa shape index (κ3) is 3.88. The van der Waals surface area contributed by atoms with Crippen LogP contribution in [0.15, 0.2) is 29.6 Å². The number of likely N-dealkylation sites (tertiary alicyclic amines) is 1. The van der Waals surface area contributed by atoms with Crippen LogP contribution in [0.25, 0.3) is 0 Å². The molecule has 170 valence electrons. The van der Waals surface area contributed by atoms with Crippen LogP contribution in [0.1, 0.15) is 39.9 Å². The van der Waals surface area contributed by atoms with Crippen LogP contribution in [0.3, 0.4) is 0 Å². The number of cyclic esters (lactones) is 1. The Morgan fingerprint density at radius 3 is 2.53 bits per heavy atom. The summed E-state index contributed by atoms with van der Waals surface area (Å²) in [4.78, 5) is 24.8. The van der Waals surface area contributed by atoms with Gasteiger partial charge in [-0.1, -0.05) is 6.07 Å². The lowest BCUT2D eigenvalue weighted by Crippen LogP contribution is -2.60. The molecule has 9 heteroatoms. The molecule has 8 nitrogen and oxygen atoms in total. The summed E-state index contributed by atoms with van der Waals surface area (Å²) in [6.45, 7) is 7.58. The molecule has 2 fully saturated rings. The molecule has 3 aliphatic heterocycles. The van der Waals surface area contributed by atoms with Gasteiger partial charge in [0.25, 0.3) is 0 Å². The predicted octanol–water partition coefficient (Wildman–Crippen LogP) is 2.00. The van der Waals surface area contributed by atoms with E-state index < -0.39 is 9.84 Å². The highest BCUT2D eigenvalue weighted by molar-refractivity contribution is 7.90. The van der Waals surface area contributed by atoms with Gasteiger partial charge in [0.1, 0.15) is 12.4 Å². The SMILES string of the molecule is Cc1c(CCN2CCC3(CC2)CN(c2cnc(S(C)(=O)=O)cn2)C3)ccc2c1COC2=O. The van der Waals surface area contributed by atoms with Crippen molar-refractivity contribution in [3.63, 3.8) is 0 Å². The predicted molar refractivity (Wildman–Crippen MR) is 119 cm³/mol. The van der Waals surface area contributed by atoms with Crippen LogP contribution >= 0.6 is 0 Å². The first-order valence-corrected chi connectivity index (χ1v) is 12.9. The van der Waals surface area contributed by atoms with Crippen LogP contribution in [0.2, 0.25) is 0 Å². The first-order valence-electron chi connectivity index (χ1n) is 11.0. The minimum absolute atomic E-state index is 0.0162. The van der Waals surface area contributed by atoms with Gasteiger partial charge in [0, 0.05) is 36.9 Å². The first kappa shape index (κ1) is 21.3. The van der Waals surface area contributed by atoms with E-state index in [0.717, 1.165) is 75.2 Å². The quantitative estimate of drug-likeness (QED) is 0.631. The van der Waals surface area contributed by atoms with Crippen molar-refractivity contribution in [2.45, 2.75) is 37.8 Å². The lowest BCUT2D eigenvalue weighted by molar-refractivity contribution is 0.0535. The average molecular weight is 457 g/mol. The third-order valence-corrected chi connectivity index (χ3v) is 8.23. The van der Waals surface area contributed by atoms with E-state index in [4.69, 9.17) is 4.74 Å². The summed E-state index contributed by atoms with van der Waals surface area (Å²) < 4.78 is 28.3. The monoisotopic (exact) mass is 456 g/mol. The van der Waals surface area contributed by atoms with E-state index in [1.165, 1.54) is 17.3 Å². The Kier molecular flexibility index (Phi) is 5.21. The van der Waals surface area contributed by atoms with Gasteiger partial charge >= 0.3 is 5.97 Å². The molecule has 0 bridgehead atoms. The van der Waals surface area contributed by atoms with Gasteiger partial charge in [-0.2, -0.15) is 0 Å². The van der Waals surface area contributed by atoms with Crippen LogP contribution in [-0.2, 0) is 27.6 Å². The molecular weight excluding hydrogens is 428 g/mol. The summed E-state index contributed by atoms with van der Waals surface area (Å²) in [6, 6.07) is 3.98. The first-order chi connectivity index (χ1) is 15.2. The van der Waals surface area contributed by atoms with Crippen molar-refractivity contribution in [2.24, 2.45) is 5.41 Å². The number of rotatable bonds is 5. The number of benzene rings is 1. The summed E-state index contributed by atoms with van der Waals surface area (Å²) in [7, 11) is -3.32. The number of carbonyl (C=O) groups excluding carboxylic acids is 1. The molecule has 0 atom stereocenters. The summed E-state index contributed by atoms with van der Waals surface area (Å²) >= 11 is 0. The van der Waals surface area contributed by atoms with Crippen LogP contribution in [0.4, 0.5) is 5.82 Å². The Morgan fingerprint density at radius 2 is 1.88 bits per heavy atom. The number of esters is 1. The number of anilines is 1. The van der Waals surface area contributed by atoms with Crippen molar-refractivity contribution < 1.29 is 17.9 Å². The van der Waals surface area contributed by atoms with Gasteiger partial charge in [0.15, 0.2) is 14.9 Å². The minimum Gasteiger partial charge on any atom is -0.457 e. The molecule has 0 unspecified atom stereocenters. The molecule has 0 amide bonds. The van der Waals surface area contributed by atoms with Gasteiger partial charge in [-0.15, -0.1) is 0 Å². The van der Waals surface area contributed by atoms with Crippen LogP contribution in [-0.4, -0.2) is 68.2 Å². The van der Waals surface area contributed by atoms with E-state index in [1.54, 1.807) is 6.20 Å². The zero-order valence-electron chi connectivity index (χ0n) is 18.5. The zero-order valence-corrected chi connectivity index (χ0v) is 19.3. The molecule has 1 aromatic carbocycles. The zero-order chi connectivity index (χ0) is 22.5. The van der Waals surface area contributed by atoms with E-state index in [-0.39, 0.29) is 11.0 Å². The number of hydrogen-bond donors (Lipinski definition) is 0. The maximum Gasteiger partial charge on any atom is 0.338 e. The van der Waals surface area contributed by atoms with E-state index in [2.05, 4.69) is 32.8 Å². The van der Waals surface area contributed by atoms with Crippen molar-refractivity contribution in [1.29, 1.82) is 0 Å². The Labute approximate surface area is 188 Å². The number of nitrogens with zero attached hydrogens (tertiary/aromatic N) is 4. The Balaban J connectivity index is 1.12. The van der Waals surface area contributed by atoms with Crippen molar-refractivity contribution in [2.75, 3.05) is 43.9 Å². The highest BCUT2D eigenvalue weighted by Crippen LogP contribution is 2.42. The highest BCUT2D eigenvalue weighted by atomic mass is 32.2. The molecule has 4 heterocycles. The molecule has 5 rings (SSSR count). The summed E-state index contributed by atoms with van der Waals surface area (Å²) in [5.41, 5.74) is 4.59. The molecule has 1 spiro atoms. The fraction of sp³-hybridized carbons (Fsp3) is 0.522. The number of carbonyl (C=O) groups is 1. The van der Waals surface area contributed by atoms with Crippen molar-refractivity contribution in [3.05, 3.63) is 46.8 Å². The molecule has 0 saturated carbocycles. The minimum atomic E-state index is -3.32. The van der Waals surface area contributed by atoms with E-state index in [1.807, 2.05) is 6.07 Å². The molecule has 1 aromatic heterocycles. The molecule has 2 saturated heterocycles. The molecule has 32 heavy (non-hydrogen) atoms. The maximum absolute atomic E-state index is 11.7. The molecular formula is C23H28N4O4S. The van der Waals surface area contributed by atoms with Gasteiger partial charge in [-0.25, -0.2) is 23.2 Å². The smallest absolute Gasteiger partial charge is 0.338 e. The molecule has 0 radical (unpaired) electrons. The number of hydrogen-bond acceptors (Lipinski definition) is 8. The van der Waals surface area contributed by atoms with Crippen LogP contribution in [0, 0.1) is 12.3 Å². The molecule has 3 aliphatic rings. The summed E-state index contributed by atoms with van der Waals surface area (Å²) in [5.74, 6) is 0.544. The second-order valence-electron chi connectivity index (χ2n) is 9.38. The third-order valence-electron chi connectivity index (χ3n) is 7.26. The number of ether oxygens (including phenoxy) is 1. The lowest BCUT2D eigenvalue weighted by Gasteiger charge is -2.54. The Hall–Kier alpha value is -2.52. The molecule has 0 N–H and O–H groups in total. The van der Waals surface area contributed by atoms with Crippen molar-refractivity contribution >= 4 is 21.6 Å². The van der Waals surface area contributed by atoms with Gasteiger partial charge in [-0.3, -0.25) is 0 Å². The van der Waals surface area contributed by atoms with Crippen LogP contribution < -0.4 is 4.90 Å². The fourth-order valence-electron chi connectivity index (χ4n) is 5.10. The van der Waals surface area contributed by atoms with Gasteiger partial charge in [0.2, 0.25) is 0 Å². The van der Waals surface area contributed by atoms with E-state index in [9.17, 15) is 13.2 Å². The van der Waals surface area contributed by atoms with Crippen LogP contribution in [0.5, 0.6) is 0 Å². The summed E-state index contributed by atoms with van der Waals surface area (Å²) in [6.07, 6.45) is 7.35. The number of aromatic nitrogens is 2. The van der Waals surface area contributed by atoms with Gasteiger partial charge in [0.05, 0.1) is 18.0 Å². The van der Waals surface area contributed by atoms with E-state index >= 15 is 0 Å². The maximum atomic E-state index is 11.7. The topological polar surface area (TPSA) is 92.7 Å². The standard InChI is InChI=1S/C23H28N4O4S/c1-16-17(3-4-18-19(16)13-31-22(18)28)5-8-26-9-6-23(7-10-26)14-27(15-23)20-11-25-21(12-24-20)32(2,29)30/h3-4,11-12H,5-10,13-15H2,1-2H3. The van der Waals surface area contributed by atoms with Gasteiger partial charge in [-0.05, 0) is 56.5 Å². The summed E-state index contributed by atoms with van der Waals surface area (Å²) in [5, 5.41) is 0.0162. The molecule has 2 aromatic rings. The number of piperidine rings is 1. The lowest BCUT2D eigenvalue weighted by atomic mass is 9.72. The van der Waals surface area contributed by atoms with Gasteiger partial charge < -0.3 is 14.5 Å². The fourth-order valence-corrected chi connectivity index (χ4v) is 5.59. The largest absolute Gasteiger partial charge is 0.457 e. The van der Waals surface area contributed by atoms with Crippen molar-refractivity contribution in [3.8, 4) is 0 Å².